The SMILES string of the molecule is CCC(CC)CN(CC)CC1(CNC(C)C)CCOC1. The third kappa shape index (κ3) is 5.71. The van der Waals surface area contributed by atoms with Gasteiger partial charge in [-0.3, -0.25) is 0 Å². The van der Waals surface area contributed by atoms with Crippen LogP contribution in [0.4, 0.5) is 0 Å². The van der Waals surface area contributed by atoms with Crippen LogP contribution >= 0.6 is 0 Å². The zero-order valence-corrected chi connectivity index (χ0v) is 14.4. The lowest BCUT2D eigenvalue weighted by Crippen LogP contribution is -2.47. The van der Waals surface area contributed by atoms with E-state index < -0.39 is 0 Å². The quantitative estimate of drug-likeness (QED) is 0.667. The van der Waals surface area contributed by atoms with Crippen LogP contribution in [0.25, 0.3) is 0 Å². The molecule has 0 bridgehead atoms. The fourth-order valence-electron chi connectivity index (χ4n) is 3.08. The summed E-state index contributed by atoms with van der Waals surface area (Å²) in [6, 6.07) is 0.557. The number of hydrogen-bond donors (Lipinski definition) is 1. The Morgan fingerprint density at radius 1 is 1.20 bits per heavy atom. The number of nitrogens with one attached hydrogen (secondary N) is 1. The average Bonchev–Trinajstić information content (AvgIpc) is 2.90. The maximum Gasteiger partial charge on any atom is 0.0547 e. The lowest BCUT2D eigenvalue weighted by molar-refractivity contribution is 0.0997. The molecular formula is C17H36N2O. The molecule has 1 unspecified atom stereocenters. The lowest BCUT2D eigenvalue weighted by atomic mass is 9.85. The highest BCUT2D eigenvalue weighted by Gasteiger charge is 2.36. The van der Waals surface area contributed by atoms with Crippen LogP contribution < -0.4 is 5.32 Å². The van der Waals surface area contributed by atoms with Crippen LogP contribution in [0.15, 0.2) is 0 Å². The highest BCUT2D eigenvalue weighted by Crippen LogP contribution is 2.30. The van der Waals surface area contributed by atoms with Crippen LogP contribution in [0.2, 0.25) is 0 Å². The van der Waals surface area contributed by atoms with E-state index in [-0.39, 0.29) is 0 Å². The molecule has 120 valence electrons. The summed E-state index contributed by atoms with van der Waals surface area (Å²) in [6.45, 7) is 17.9. The summed E-state index contributed by atoms with van der Waals surface area (Å²) >= 11 is 0. The Balaban J connectivity index is 2.57. The minimum atomic E-state index is 0.326. The highest BCUT2D eigenvalue weighted by molar-refractivity contribution is 4.89. The summed E-state index contributed by atoms with van der Waals surface area (Å²) in [4.78, 5) is 2.65. The molecule has 1 N–H and O–H groups in total. The monoisotopic (exact) mass is 284 g/mol. The molecule has 1 fully saturated rings. The van der Waals surface area contributed by atoms with Crippen LogP contribution in [-0.2, 0) is 4.74 Å². The summed E-state index contributed by atoms with van der Waals surface area (Å²) in [5, 5.41) is 3.63. The van der Waals surface area contributed by atoms with E-state index in [0.29, 0.717) is 11.5 Å². The van der Waals surface area contributed by atoms with Crippen LogP contribution in [-0.4, -0.2) is 50.3 Å². The predicted octanol–water partition coefficient (Wildman–Crippen LogP) is 3.15. The second kappa shape index (κ2) is 9.01. The van der Waals surface area contributed by atoms with Crippen molar-refractivity contribution in [3.05, 3.63) is 0 Å². The van der Waals surface area contributed by atoms with Crippen LogP contribution in [0.1, 0.15) is 53.9 Å². The molecule has 0 amide bonds. The maximum atomic E-state index is 5.73. The topological polar surface area (TPSA) is 24.5 Å². The van der Waals surface area contributed by atoms with Gasteiger partial charge >= 0.3 is 0 Å². The van der Waals surface area contributed by atoms with Crippen molar-refractivity contribution in [1.82, 2.24) is 10.2 Å². The van der Waals surface area contributed by atoms with Crippen molar-refractivity contribution in [3.63, 3.8) is 0 Å². The second-order valence-electron chi connectivity index (χ2n) is 6.85. The third-order valence-corrected chi connectivity index (χ3v) is 4.75. The van der Waals surface area contributed by atoms with Gasteiger partial charge in [-0.15, -0.1) is 0 Å². The van der Waals surface area contributed by atoms with Crippen molar-refractivity contribution in [2.75, 3.05) is 39.4 Å². The minimum Gasteiger partial charge on any atom is -0.381 e. The van der Waals surface area contributed by atoms with E-state index in [1.807, 2.05) is 0 Å². The van der Waals surface area contributed by atoms with Crippen molar-refractivity contribution in [2.45, 2.75) is 59.9 Å². The minimum absolute atomic E-state index is 0.326. The molecule has 1 aliphatic heterocycles. The first kappa shape index (κ1) is 17.9. The first-order chi connectivity index (χ1) is 9.55. The molecule has 1 atom stereocenters. The summed E-state index contributed by atoms with van der Waals surface area (Å²) in [6.07, 6.45) is 3.79. The van der Waals surface area contributed by atoms with Crippen molar-refractivity contribution in [3.8, 4) is 0 Å². The Morgan fingerprint density at radius 2 is 1.90 bits per heavy atom. The molecule has 0 saturated carbocycles. The zero-order valence-electron chi connectivity index (χ0n) is 14.4. The molecule has 1 rings (SSSR count). The van der Waals surface area contributed by atoms with Crippen LogP contribution in [0.5, 0.6) is 0 Å². The molecule has 1 aliphatic rings. The van der Waals surface area contributed by atoms with Crippen molar-refractivity contribution in [2.24, 2.45) is 11.3 Å². The van der Waals surface area contributed by atoms with Gasteiger partial charge in [-0.2, -0.15) is 0 Å². The number of nitrogens with zero attached hydrogens (tertiary/aromatic N) is 1. The molecule has 1 saturated heterocycles. The maximum absolute atomic E-state index is 5.73. The molecule has 1 heterocycles. The Bertz CT molecular complexity index is 245. The summed E-state index contributed by atoms with van der Waals surface area (Å²) < 4.78 is 5.73. The zero-order chi connectivity index (χ0) is 15.0. The molecule has 0 aromatic carbocycles. The largest absolute Gasteiger partial charge is 0.381 e. The number of rotatable bonds is 10. The van der Waals surface area contributed by atoms with E-state index in [4.69, 9.17) is 4.74 Å². The first-order valence-corrected chi connectivity index (χ1v) is 8.58. The van der Waals surface area contributed by atoms with Gasteiger partial charge in [0.05, 0.1) is 6.61 Å². The van der Waals surface area contributed by atoms with Gasteiger partial charge in [-0.25, -0.2) is 0 Å². The van der Waals surface area contributed by atoms with Crippen LogP contribution in [0.3, 0.4) is 0 Å². The van der Waals surface area contributed by atoms with E-state index in [0.717, 1.165) is 32.2 Å². The Labute approximate surface area is 126 Å². The summed E-state index contributed by atoms with van der Waals surface area (Å²) in [5.41, 5.74) is 0.326. The van der Waals surface area contributed by atoms with Crippen molar-refractivity contribution < 1.29 is 4.74 Å². The van der Waals surface area contributed by atoms with Crippen molar-refractivity contribution >= 4 is 0 Å². The van der Waals surface area contributed by atoms with E-state index in [1.54, 1.807) is 0 Å². The van der Waals surface area contributed by atoms with Gasteiger partial charge in [-0.1, -0.05) is 47.5 Å². The van der Waals surface area contributed by atoms with Gasteiger partial charge in [-0.05, 0) is 18.9 Å². The average molecular weight is 284 g/mol. The Kier molecular flexibility index (Phi) is 8.08. The van der Waals surface area contributed by atoms with E-state index in [1.165, 1.54) is 32.4 Å². The fraction of sp³-hybridized carbons (Fsp3) is 1.00. The molecule has 0 aromatic rings. The van der Waals surface area contributed by atoms with Gasteiger partial charge in [0.1, 0.15) is 0 Å². The Morgan fingerprint density at radius 3 is 2.35 bits per heavy atom. The normalized spacial score (nSPS) is 23.4. The molecule has 3 nitrogen and oxygen atoms in total. The van der Waals surface area contributed by atoms with Gasteiger partial charge in [0, 0.05) is 37.7 Å². The summed E-state index contributed by atoms with van der Waals surface area (Å²) in [7, 11) is 0. The smallest absolute Gasteiger partial charge is 0.0547 e. The van der Waals surface area contributed by atoms with Gasteiger partial charge in [0.15, 0.2) is 0 Å². The predicted molar refractivity (Wildman–Crippen MR) is 87.2 cm³/mol. The Hall–Kier alpha value is -0.120. The van der Waals surface area contributed by atoms with Crippen LogP contribution in [0, 0.1) is 11.3 Å². The van der Waals surface area contributed by atoms with E-state index >= 15 is 0 Å². The third-order valence-electron chi connectivity index (χ3n) is 4.75. The molecule has 0 radical (unpaired) electrons. The van der Waals surface area contributed by atoms with Crippen molar-refractivity contribution in [1.29, 1.82) is 0 Å². The fourth-order valence-corrected chi connectivity index (χ4v) is 3.08. The lowest BCUT2D eigenvalue weighted by Gasteiger charge is -2.36. The first-order valence-electron chi connectivity index (χ1n) is 8.58. The molecular weight excluding hydrogens is 248 g/mol. The molecule has 0 aromatic heterocycles. The summed E-state index contributed by atoms with van der Waals surface area (Å²) in [5.74, 6) is 0.840. The van der Waals surface area contributed by atoms with Gasteiger partial charge in [0.2, 0.25) is 0 Å². The second-order valence-corrected chi connectivity index (χ2v) is 6.85. The standard InChI is InChI=1S/C17H36N2O/c1-6-16(7-2)11-19(8-3)13-17(9-10-20-14-17)12-18-15(4)5/h15-16,18H,6-14H2,1-5H3. The molecule has 20 heavy (non-hydrogen) atoms. The van der Waals surface area contributed by atoms with E-state index in [2.05, 4.69) is 44.8 Å². The van der Waals surface area contributed by atoms with Gasteiger partial charge in [0.25, 0.3) is 0 Å². The molecule has 3 heteroatoms. The highest BCUT2D eigenvalue weighted by atomic mass is 16.5. The van der Waals surface area contributed by atoms with Gasteiger partial charge < -0.3 is 15.0 Å². The molecule has 0 spiro atoms. The number of hydrogen-bond acceptors (Lipinski definition) is 3. The van der Waals surface area contributed by atoms with E-state index in [9.17, 15) is 0 Å². The molecule has 0 aliphatic carbocycles. The number of ether oxygens (including phenoxy) is 1.